The van der Waals surface area contributed by atoms with E-state index in [1.54, 1.807) is 0 Å². The molecule has 1 heterocycles. The minimum absolute atomic E-state index is 0.133. The molecule has 92 valence electrons. The first-order valence-electron chi connectivity index (χ1n) is 6.44. The monoisotopic (exact) mass is 230 g/mol. The summed E-state index contributed by atoms with van der Waals surface area (Å²) >= 11 is 0. The Morgan fingerprint density at radius 3 is 2.47 bits per heavy atom. The molecule has 1 aliphatic rings. The van der Waals surface area contributed by atoms with Crippen molar-refractivity contribution in [1.82, 2.24) is 0 Å². The number of nitrogens with one attached hydrogen (secondary N) is 1. The van der Waals surface area contributed by atoms with Crippen molar-refractivity contribution in [1.29, 1.82) is 5.41 Å². The SMILES string of the molecule is CC(C)(C)c1ccccc1N1CCCCC1=N. The van der Waals surface area contributed by atoms with Crippen LogP contribution in [0.2, 0.25) is 0 Å². The first-order chi connectivity index (χ1) is 8.00. The molecule has 1 aromatic carbocycles. The molecule has 0 radical (unpaired) electrons. The van der Waals surface area contributed by atoms with E-state index in [4.69, 9.17) is 5.41 Å². The molecule has 0 amide bonds. The highest BCUT2D eigenvalue weighted by atomic mass is 15.2. The van der Waals surface area contributed by atoms with Crippen LogP contribution in [-0.4, -0.2) is 12.4 Å². The van der Waals surface area contributed by atoms with E-state index in [0.29, 0.717) is 0 Å². The van der Waals surface area contributed by atoms with Gasteiger partial charge in [-0.2, -0.15) is 0 Å². The minimum Gasteiger partial charge on any atom is -0.330 e. The standard InChI is InChI=1S/C15H22N2/c1-15(2,3)12-8-4-5-9-13(12)17-11-7-6-10-14(17)16/h4-5,8-9,16H,6-7,10-11H2,1-3H3. The van der Waals surface area contributed by atoms with Gasteiger partial charge in [-0.05, 0) is 29.9 Å². The van der Waals surface area contributed by atoms with Crippen molar-refractivity contribution in [3.05, 3.63) is 29.8 Å². The molecule has 2 rings (SSSR count). The molecule has 0 aliphatic carbocycles. The zero-order chi connectivity index (χ0) is 12.5. The van der Waals surface area contributed by atoms with Crippen LogP contribution < -0.4 is 4.90 Å². The predicted molar refractivity (Wildman–Crippen MR) is 74.1 cm³/mol. The molecule has 1 N–H and O–H groups in total. The molecule has 2 heteroatoms. The fraction of sp³-hybridized carbons (Fsp3) is 0.533. The Kier molecular flexibility index (Phi) is 3.23. The molecule has 2 nitrogen and oxygen atoms in total. The van der Waals surface area contributed by atoms with Gasteiger partial charge >= 0.3 is 0 Å². The minimum atomic E-state index is 0.133. The molecular formula is C15H22N2. The maximum Gasteiger partial charge on any atom is 0.100 e. The van der Waals surface area contributed by atoms with Gasteiger partial charge in [0.2, 0.25) is 0 Å². The summed E-state index contributed by atoms with van der Waals surface area (Å²) in [6, 6.07) is 8.52. The molecule has 0 bridgehead atoms. The topological polar surface area (TPSA) is 27.1 Å². The molecule has 0 spiro atoms. The van der Waals surface area contributed by atoms with Gasteiger partial charge in [0, 0.05) is 18.7 Å². The van der Waals surface area contributed by atoms with Gasteiger partial charge in [-0.3, -0.25) is 5.41 Å². The smallest absolute Gasteiger partial charge is 0.100 e. The lowest BCUT2D eigenvalue weighted by atomic mass is 9.85. The number of piperidine rings is 1. The van der Waals surface area contributed by atoms with Crippen LogP contribution in [-0.2, 0) is 5.41 Å². The lowest BCUT2D eigenvalue weighted by Crippen LogP contribution is -2.36. The fourth-order valence-corrected chi connectivity index (χ4v) is 2.44. The van der Waals surface area contributed by atoms with Crippen LogP contribution in [0.15, 0.2) is 24.3 Å². The molecule has 0 aromatic heterocycles. The highest BCUT2D eigenvalue weighted by Crippen LogP contribution is 2.33. The van der Waals surface area contributed by atoms with E-state index in [2.05, 4.69) is 49.9 Å². The molecule has 1 aromatic rings. The summed E-state index contributed by atoms with van der Waals surface area (Å²) in [5.74, 6) is 0.771. The third-order valence-electron chi connectivity index (χ3n) is 3.37. The normalized spacial score (nSPS) is 17.4. The first-order valence-corrected chi connectivity index (χ1v) is 6.44. The Morgan fingerprint density at radius 1 is 1.12 bits per heavy atom. The summed E-state index contributed by atoms with van der Waals surface area (Å²) in [5, 5.41) is 8.11. The summed E-state index contributed by atoms with van der Waals surface area (Å²) in [6.07, 6.45) is 3.27. The number of hydrogen-bond donors (Lipinski definition) is 1. The van der Waals surface area contributed by atoms with E-state index < -0.39 is 0 Å². The number of para-hydroxylation sites is 1. The number of amidine groups is 1. The number of benzene rings is 1. The second kappa shape index (κ2) is 4.52. The number of anilines is 1. The Morgan fingerprint density at radius 2 is 1.82 bits per heavy atom. The van der Waals surface area contributed by atoms with E-state index in [1.807, 2.05) is 0 Å². The van der Waals surface area contributed by atoms with Gasteiger partial charge in [-0.1, -0.05) is 39.0 Å². The molecule has 1 fully saturated rings. The molecule has 1 saturated heterocycles. The molecular weight excluding hydrogens is 208 g/mol. The number of rotatable bonds is 1. The van der Waals surface area contributed by atoms with Crippen molar-refractivity contribution < 1.29 is 0 Å². The van der Waals surface area contributed by atoms with Crippen LogP contribution in [0.3, 0.4) is 0 Å². The lowest BCUT2D eigenvalue weighted by molar-refractivity contribution is 0.587. The van der Waals surface area contributed by atoms with Gasteiger partial charge in [0.1, 0.15) is 5.84 Å². The van der Waals surface area contributed by atoms with E-state index in [-0.39, 0.29) is 5.41 Å². The Labute approximate surface area is 104 Å². The van der Waals surface area contributed by atoms with E-state index in [0.717, 1.165) is 25.2 Å². The molecule has 1 aliphatic heterocycles. The van der Waals surface area contributed by atoms with Crippen LogP contribution in [0, 0.1) is 5.41 Å². The number of hydrogen-bond acceptors (Lipinski definition) is 1. The quantitative estimate of drug-likeness (QED) is 0.777. The highest BCUT2D eigenvalue weighted by Gasteiger charge is 2.24. The largest absolute Gasteiger partial charge is 0.330 e. The summed E-state index contributed by atoms with van der Waals surface area (Å²) in [7, 11) is 0. The van der Waals surface area contributed by atoms with Crippen molar-refractivity contribution >= 4 is 11.5 Å². The van der Waals surface area contributed by atoms with E-state index in [9.17, 15) is 0 Å². The zero-order valence-electron chi connectivity index (χ0n) is 11.1. The third kappa shape index (κ3) is 2.51. The van der Waals surface area contributed by atoms with Crippen LogP contribution in [0.4, 0.5) is 5.69 Å². The fourth-order valence-electron chi connectivity index (χ4n) is 2.44. The lowest BCUT2D eigenvalue weighted by Gasteiger charge is -2.34. The van der Waals surface area contributed by atoms with Gasteiger partial charge in [-0.25, -0.2) is 0 Å². The molecule has 0 atom stereocenters. The third-order valence-corrected chi connectivity index (χ3v) is 3.37. The molecule has 0 unspecified atom stereocenters. The Hall–Kier alpha value is -1.31. The van der Waals surface area contributed by atoms with E-state index in [1.165, 1.54) is 17.7 Å². The Balaban J connectivity index is 2.41. The average Bonchev–Trinajstić information content (AvgIpc) is 2.28. The summed E-state index contributed by atoms with van der Waals surface area (Å²) in [5.41, 5.74) is 2.70. The maximum atomic E-state index is 8.11. The van der Waals surface area contributed by atoms with Gasteiger partial charge < -0.3 is 4.90 Å². The van der Waals surface area contributed by atoms with Gasteiger partial charge in [0.15, 0.2) is 0 Å². The van der Waals surface area contributed by atoms with Crippen LogP contribution >= 0.6 is 0 Å². The predicted octanol–water partition coefficient (Wildman–Crippen LogP) is 3.95. The van der Waals surface area contributed by atoms with Crippen molar-refractivity contribution in [2.45, 2.75) is 45.4 Å². The van der Waals surface area contributed by atoms with Crippen molar-refractivity contribution in [2.75, 3.05) is 11.4 Å². The molecule has 17 heavy (non-hydrogen) atoms. The van der Waals surface area contributed by atoms with Gasteiger partial charge in [0.25, 0.3) is 0 Å². The van der Waals surface area contributed by atoms with Crippen LogP contribution in [0.1, 0.15) is 45.6 Å². The highest BCUT2D eigenvalue weighted by molar-refractivity contribution is 5.97. The molecule has 0 saturated carbocycles. The van der Waals surface area contributed by atoms with Crippen LogP contribution in [0.25, 0.3) is 0 Å². The summed E-state index contributed by atoms with van der Waals surface area (Å²) < 4.78 is 0. The van der Waals surface area contributed by atoms with Crippen molar-refractivity contribution in [3.63, 3.8) is 0 Å². The Bertz CT molecular complexity index is 415. The second-order valence-electron chi connectivity index (χ2n) is 5.82. The van der Waals surface area contributed by atoms with Gasteiger partial charge in [0.05, 0.1) is 0 Å². The van der Waals surface area contributed by atoms with E-state index >= 15 is 0 Å². The summed E-state index contributed by atoms with van der Waals surface area (Å²) in [6.45, 7) is 7.70. The second-order valence-corrected chi connectivity index (χ2v) is 5.82. The zero-order valence-corrected chi connectivity index (χ0v) is 11.1. The number of nitrogens with zero attached hydrogens (tertiary/aromatic N) is 1. The van der Waals surface area contributed by atoms with Crippen molar-refractivity contribution in [2.24, 2.45) is 0 Å². The van der Waals surface area contributed by atoms with Crippen LogP contribution in [0.5, 0.6) is 0 Å². The summed E-state index contributed by atoms with van der Waals surface area (Å²) in [4.78, 5) is 2.18. The van der Waals surface area contributed by atoms with Crippen molar-refractivity contribution in [3.8, 4) is 0 Å². The maximum absolute atomic E-state index is 8.11. The van der Waals surface area contributed by atoms with Gasteiger partial charge in [-0.15, -0.1) is 0 Å². The first kappa shape index (κ1) is 12.2. The average molecular weight is 230 g/mol.